The normalized spacial score (nSPS) is 16.2. The number of hydrogen-bond acceptors (Lipinski definition) is 3. The second-order valence-electron chi connectivity index (χ2n) is 5.36. The first kappa shape index (κ1) is 17.3. The summed E-state index contributed by atoms with van der Waals surface area (Å²) in [6.07, 6.45) is 0. The zero-order chi connectivity index (χ0) is 13.8. The molecular weight excluding hydrogens is 292 g/mol. The molecule has 1 atom stereocenters. The van der Waals surface area contributed by atoms with Gasteiger partial charge in [0.25, 0.3) is 0 Å². The van der Waals surface area contributed by atoms with Crippen LogP contribution in [-0.4, -0.2) is 24.2 Å². The van der Waals surface area contributed by atoms with Crippen molar-refractivity contribution in [1.29, 1.82) is 0 Å². The maximum Gasteiger partial charge on any atom is 0.227 e. The molecule has 1 heterocycles. The summed E-state index contributed by atoms with van der Waals surface area (Å²) in [6.45, 7) is 8.24. The largest absolute Gasteiger partial charge is 0.325 e. The zero-order valence-corrected chi connectivity index (χ0v) is 13.8. The third-order valence-electron chi connectivity index (χ3n) is 3.44. The Labute approximate surface area is 131 Å². The van der Waals surface area contributed by atoms with Crippen molar-refractivity contribution in [3.05, 3.63) is 24.3 Å². The molecule has 112 valence electrons. The highest BCUT2D eigenvalue weighted by Crippen LogP contribution is 2.30. The minimum atomic E-state index is 0. The van der Waals surface area contributed by atoms with Crippen LogP contribution in [0.15, 0.2) is 29.2 Å². The average Bonchev–Trinajstić information content (AvgIpc) is 2.28. The summed E-state index contributed by atoms with van der Waals surface area (Å²) in [5.41, 5.74) is 0.935. The highest BCUT2D eigenvalue weighted by atomic mass is 35.5. The maximum absolute atomic E-state index is 12.2. The first-order valence-electron chi connectivity index (χ1n) is 6.85. The first-order chi connectivity index (χ1) is 9.08. The Balaban J connectivity index is 0.00000200. The molecule has 1 aliphatic rings. The fourth-order valence-corrected chi connectivity index (χ4v) is 2.96. The van der Waals surface area contributed by atoms with E-state index >= 15 is 0 Å². The van der Waals surface area contributed by atoms with Crippen LogP contribution in [0.3, 0.4) is 0 Å². The molecule has 0 radical (unpaired) electrons. The van der Waals surface area contributed by atoms with Gasteiger partial charge in [-0.3, -0.25) is 4.79 Å². The van der Waals surface area contributed by atoms with Crippen molar-refractivity contribution < 1.29 is 4.79 Å². The fraction of sp³-hybridized carbons (Fsp3) is 0.533. The van der Waals surface area contributed by atoms with E-state index in [9.17, 15) is 4.79 Å². The molecule has 0 saturated carbocycles. The Morgan fingerprint density at radius 1 is 1.30 bits per heavy atom. The quantitative estimate of drug-likeness (QED) is 0.818. The lowest BCUT2D eigenvalue weighted by atomic mass is 9.88. The van der Waals surface area contributed by atoms with Crippen LogP contribution in [0, 0.1) is 11.8 Å². The Morgan fingerprint density at radius 3 is 2.50 bits per heavy atom. The maximum atomic E-state index is 12.2. The van der Waals surface area contributed by atoms with Crippen LogP contribution in [0.2, 0.25) is 0 Å². The second kappa shape index (κ2) is 7.91. The molecule has 2 N–H and O–H groups in total. The van der Waals surface area contributed by atoms with Crippen LogP contribution in [0.5, 0.6) is 0 Å². The van der Waals surface area contributed by atoms with E-state index in [1.807, 2.05) is 25.1 Å². The van der Waals surface area contributed by atoms with Crippen LogP contribution in [0.4, 0.5) is 5.69 Å². The standard InChI is InChI=1S/C15H22N2OS.ClH/c1-10(2)19-14-7-5-4-6-13(14)17-15(18)11(3)12-8-16-9-12;/h4-7,10-12,16H,8-9H2,1-3H3,(H,17,18);1H. The molecule has 1 fully saturated rings. The number of benzene rings is 1. The van der Waals surface area contributed by atoms with Gasteiger partial charge >= 0.3 is 0 Å². The van der Waals surface area contributed by atoms with Crippen LogP contribution in [0.1, 0.15) is 20.8 Å². The van der Waals surface area contributed by atoms with Gasteiger partial charge in [0, 0.05) is 16.1 Å². The number of rotatable bonds is 5. The minimum absolute atomic E-state index is 0. The highest BCUT2D eigenvalue weighted by molar-refractivity contribution is 8.00. The number of nitrogens with one attached hydrogen (secondary N) is 2. The Morgan fingerprint density at radius 2 is 1.95 bits per heavy atom. The van der Waals surface area contributed by atoms with Crippen molar-refractivity contribution in [2.75, 3.05) is 18.4 Å². The van der Waals surface area contributed by atoms with Gasteiger partial charge in [0.15, 0.2) is 0 Å². The van der Waals surface area contributed by atoms with Crippen molar-refractivity contribution in [3.63, 3.8) is 0 Å². The molecule has 2 rings (SSSR count). The molecule has 0 aliphatic carbocycles. The molecule has 1 unspecified atom stereocenters. The molecule has 1 aliphatic heterocycles. The number of anilines is 1. The van der Waals surface area contributed by atoms with E-state index < -0.39 is 0 Å². The molecule has 1 aromatic rings. The number of halogens is 1. The van der Waals surface area contributed by atoms with Gasteiger partial charge in [-0.1, -0.05) is 32.9 Å². The van der Waals surface area contributed by atoms with E-state index in [0.717, 1.165) is 23.7 Å². The van der Waals surface area contributed by atoms with Gasteiger partial charge in [-0.25, -0.2) is 0 Å². The fourth-order valence-electron chi connectivity index (χ4n) is 2.05. The summed E-state index contributed by atoms with van der Waals surface area (Å²) < 4.78 is 0. The number of amides is 1. The Bertz CT molecular complexity index is 449. The average molecular weight is 315 g/mol. The van der Waals surface area contributed by atoms with Gasteiger partial charge in [0.05, 0.1) is 5.69 Å². The smallest absolute Gasteiger partial charge is 0.227 e. The summed E-state index contributed by atoms with van der Waals surface area (Å²) in [4.78, 5) is 13.4. The predicted octanol–water partition coefficient (Wildman–Crippen LogP) is 3.40. The summed E-state index contributed by atoms with van der Waals surface area (Å²) in [5, 5.41) is 6.80. The second-order valence-corrected chi connectivity index (χ2v) is 6.98. The van der Waals surface area contributed by atoms with Crippen molar-refractivity contribution in [1.82, 2.24) is 5.32 Å². The van der Waals surface area contributed by atoms with Crippen LogP contribution in [0.25, 0.3) is 0 Å². The van der Waals surface area contributed by atoms with Crippen molar-refractivity contribution in [3.8, 4) is 0 Å². The van der Waals surface area contributed by atoms with Gasteiger partial charge in [0.1, 0.15) is 0 Å². The van der Waals surface area contributed by atoms with E-state index in [1.165, 1.54) is 0 Å². The third-order valence-corrected chi connectivity index (χ3v) is 4.52. The SMILES string of the molecule is CC(C)Sc1ccccc1NC(=O)C(C)C1CNC1.Cl. The molecule has 3 nitrogen and oxygen atoms in total. The number of carbonyl (C=O) groups excluding carboxylic acids is 1. The lowest BCUT2D eigenvalue weighted by Crippen LogP contribution is -2.48. The summed E-state index contributed by atoms with van der Waals surface area (Å²) in [5.74, 6) is 0.673. The van der Waals surface area contributed by atoms with E-state index in [-0.39, 0.29) is 24.2 Å². The van der Waals surface area contributed by atoms with E-state index in [2.05, 4.69) is 30.5 Å². The molecule has 1 amide bonds. The summed E-state index contributed by atoms with van der Waals surface area (Å²) in [6, 6.07) is 8.03. The van der Waals surface area contributed by atoms with Crippen LogP contribution >= 0.6 is 24.2 Å². The lowest BCUT2D eigenvalue weighted by molar-refractivity contribution is -0.121. The summed E-state index contributed by atoms with van der Waals surface area (Å²) in [7, 11) is 0. The number of hydrogen-bond donors (Lipinski definition) is 2. The first-order valence-corrected chi connectivity index (χ1v) is 7.73. The molecule has 0 bridgehead atoms. The number of carbonyl (C=O) groups is 1. The van der Waals surface area contributed by atoms with Gasteiger partial charge in [-0.2, -0.15) is 0 Å². The lowest BCUT2D eigenvalue weighted by Gasteiger charge is -2.31. The van der Waals surface area contributed by atoms with Gasteiger partial charge in [-0.15, -0.1) is 24.2 Å². The van der Waals surface area contributed by atoms with Gasteiger partial charge in [-0.05, 0) is 31.1 Å². The number of thioether (sulfide) groups is 1. The molecular formula is C15H23ClN2OS. The minimum Gasteiger partial charge on any atom is -0.325 e. The molecule has 5 heteroatoms. The molecule has 1 saturated heterocycles. The van der Waals surface area contributed by atoms with Crippen molar-refractivity contribution >= 4 is 35.8 Å². The Hall–Kier alpha value is -0.710. The predicted molar refractivity (Wildman–Crippen MR) is 88.8 cm³/mol. The van der Waals surface area contributed by atoms with Crippen molar-refractivity contribution in [2.24, 2.45) is 11.8 Å². The van der Waals surface area contributed by atoms with E-state index in [0.29, 0.717) is 11.2 Å². The zero-order valence-electron chi connectivity index (χ0n) is 12.2. The monoisotopic (exact) mass is 314 g/mol. The Kier molecular flexibility index (Phi) is 6.86. The van der Waals surface area contributed by atoms with Crippen molar-refractivity contribution in [2.45, 2.75) is 30.9 Å². The van der Waals surface area contributed by atoms with Gasteiger partial charge < -0.3 is 10.6 Å². The van der Waals surface area contributed by atoms with Gasteiger partial charge in [0.2, 0.25) is 5.91 Å². The molecule has 0 spiro atoms. The third kappa shape index (κ3) is 4.40. The number of para-hydroxylation sites is 1. The van der Waals surface area contributed by atoms with E-state index in [4.69, 9.17) is 0 Å². The molecule has 20 heavy (non-hydrogen) atoms. The van der Waals surface area contributed by atoms with E-state index in [1.54, 1.807) is 11.8 Å². The van der Waals surface area contributed by atoms with Crippen LogP contribution < -0.4 is 10.6 Å². The highest BCUT2D eigenvalue weighted by Gasteiger charge is 2.28. The molecule has 1 aromatic carbocycles. The summed E-state index contributed by atoms with van der Waals surface area (Å²) >= 11 is 1.78. The topological polar surface area (TPSA) is 41.1 Å². The molecule has 0 aromatic heterocycles. The van der Waals surface area contributed by atoms with Crippen LogP contribution in [-0.2, 0) is 4.79 Å².